The van der Waals surface area contributed by atoms with Gasteiger partial charge < -0.3 is 14.4 Å². The summed E-state index contributed by atoms with van der Waals surface area (Å²) in [6, 6.07) is 11.4. The van der Waals surface area contributed by atoms with Crippen LogP contribution in [-0.4, -0.2) is 35.2 Å². The highest BCUT2D eigenvalue weighted by atomic mass is 19.1. The van der Waals surface area contributed by atoms with Crippen molar-refractivity contribution >= 4 is 33.9 Å². The molecule has 2 amide bonds. The number of ether oxygens (including phenoxy) is 1. The standard InChI is InChI=1S/C21H17FN2O3.C2H6O/c1-3-24-11-16(15-10-13(22)7-8-17(15)24)19-18(20(25)23-21(19)26)12-5-4-6-14(9-12)27-2;1-2-3/h4-11H,3H2,1-2H3,(H,23,25,26);3H,2H2,1H3. The topological polar surface area (TPSA) is 80.6 Å². The number of imide groups is 1. The number of methoxy groups -OCH3 is 1. The van der Waals surface area contributed by atoms with Gasteiger partial charge in [0.15, 0.2) is 0 Å². The van der Waals surface area contributed by atoms with Crippen LogP contribution in [0.1, 0.15) is 25.0 Å². The van der Waals surface area contributed by atoms with Gasteiger partial charge in [-0.15, -0.1) is 0 Å². The van der Waals surface area contributed by atoms with E-state index in [1.807, 2.05) is 11.5 Å². The van der Waals surface area contributed by atoms with Gasteiger partial charge in [-0.05, 0) is 49.7 Å². The van der Waals surface area contributed by atoms with Crippen molar-refractivity contribution in [1.82, 2.24) is 9.88 Å². The third-order valence-corrected chi connectivity index (χ3v) is 4.74. The number of hydrogen-bond donors (Lipinski definition) is 2. The number of aromatic nitrogens is 1. The molecule has 1 aliphatic heterocycles. The Morgan fingerprint density at radius 2 is 1.77 bits per heavy atom. The molecule has 0 saturated carbocycles. The van der Waals surface area contributed by atoms with Crippen LogP contribution in [0.4, 0.5) is 4.39 Å². The summed E-state index contributed by atoms with van der Waals surface area (Å²) in [4.78, 5) is 25.2. The van der Waals surface area contributed by atoms with E-state index in [1.165, 1.54) is 19.2 Å². The fraction of sp³-hybridized carbons (Fsp3) is 0.217. The van der Waals surface area contributed by atoms with Crippen LogP contribution in [0, 0.1) is 5.82 Å². The molecule has 0 fully saturated rings. The number of nitrogens with one attached hydrogen (secondary N) is 1. The fourth-order valence-electron chi connectivity index (χ4n) is 3.50. The largest absolute Gasteiger partial charge is 0.497 e. The van der Waals surface area contributed by atoms with Crippen molar-refractivity contribution in [2.24, 2.45) is 0 Å². The summed E-state index contributed by atoms with van der Waals surface area (Å²) >= 11 is 0. The van der Waals surface area contributed by atoms with Gasteiger partial charge in [0.2, 0.25) is 0 Å². The molecule has 0 radical (unpaired) electrons. The van der Waals surface area contributed by atoms with Gasteiger partial charge in [0.25, 0.3) is 11.8 Å². The molecule has 0 unspecified atom stereocenters. The number of hydrogen-bond acceptors (Lipinski definition) is 4. The van der Waals surface area contributed by atoms with E-state index in [0.29, 0.717) is 28.8 Å². The summed E-state index contributed by atoms with van der Waals surface area (Å²) in [5.74, 6) is -0.784. The van der Waals surface area contributed by atoms with Crippen LogP contribution < -0.4 is 10.1 Å². The third kappa shape index (κ3) is 3.84. The van der Waals surface area contributed by atoms with Crippen LogP contribution in [0.5, 0.6) is 5.75 Å². The highest BCUT2D eigenvalue weighted by Crippen LogP contribution is 2.37. The number of carbonyl (C=O) groups excluding carboxylic acids is 2. The lowest BCUT2D eigenvalue weighted by Gasteiger charge is -2.06. The SMILES string of the molecule is CCO.CCn1cc(C2=C(c3cccc(OC)c3)C(=O)NC2=O)c2cc(F)ccc21. The number of aryl methyl sites for hydroxylation is 1. The minimum Gasteiger partial charge on any atom is -0.497 e. The minimum absolute atomic E-state index is 0.246. The number of halogens is 1. The van der Waals surface area contributed by atoms with E-state index in [-0.39, 0.29) is 17.8 Å². The predicted molar refractivity (Wildman–Crippen MR) is 113 cm³/mol. The molecule has 7 heteroatoms. The molecule has 0 aliphatic carbocycles. The lowest BCUT2D eigenvalue weighted by Crippen LogP contribution is -2.22. The second-order valence-electron chi connectivity index (χ2n) is 6.57. The first kappa shape index (κ1) is 21.3. The number of aliphatic hydroxyl groups is 1. The van der Waals surface area contributed by atoms with Gasteiger partial charge in [0.05, 0.1) is 18.3 Å². The number of carbonyl (C=O) groups is 2. The van der Waals surface area contributed by atoms with Crippen LogP contribution in [0.25, 0.3) is 22.0 Å². The Labute approximate surface area is 173 Å². The molecule has 1 aliphatic rings. The van der Waals surface area contributed by atoms with Crippen LogP contribution in [-0.2, 0) is 16.1 Å². The van der Waals surface area contributed by atoms with E-state index in [0.717, 1.165) is 5.52 Å². The molecule has 156 valence electrons. The number of fused-ring (bicyclic) bond motifs is 1. The maximum atomic E-state index is 13.9. The summed E-state index contributed by atoms with van der Waals surface area (Å²) in [5.41, 5.74) is 2.42. The molecule has 30 heavy (non-hydrogen) atoms. The summed E-state index contributed by atoms with van der Waals surface area (Å²) in [6.07, 6.45) is 1.79. The molecule has 0 saturated heterocycles. The first-order valence-corrected chi connectivity index (χ1v) is 9.59. The first-order chi connectivity index (χ1) is 14.4. The average molecular weight is 410 g/mol. The summed E-state index contributed by atoms with van der Waals surface area (Å²) in [5, 5.41) is 10.5. The van der Waals surface area contributed by atoms with Crippen molar-refractivity contribution in [3.05, 3.63) is 65.6 Å². The van der Waals surface area contributed by atoms with Gasteiger partial charge in [0, 0.05) is 35.8 Å². The number of aliphatic hydroxyl groups excluding tert-OH is 1. The maximum Gasteiger partial charge on any atom is 0.259 e. The number of rotatable bonds is 4. The molecule has 6 nitrogen and oxygen atoms in total. The van der Waals surface area contributed by atoms with Crippen molar-refractivity contribution in [3.63, 3.8) is 0 Å². The smallest absolute Gasteiger partial charge is 0.259 e. The number of benzene rings is 2. The van der Waals surface area contributed by atoms with Crippen LogP contribution in [0.3, 0.4) is 0 Å². The van der Waals surface area contributed by atoms with Crippen molar-refractivity contribution in [2.75, 3.05) is 13.7 Å². The molecule has 0 bridgehead atoms. The predicted octanol–water partition coefficient (Wildman–Crippen LogP) is 3.37. The van der Waals surface area contributed by atoms with Gasteiger partial charge in [-0.2, -0.15) is 0 Å². The van der Waals surface area contributed by atoms with Crippen LogP contribution >= 0.6 is 0 Å². The first-order valence-electron chi connectivity index (χ1n) is 9.59. The van der Waals surface area contributed by atoms with Crippen LogP contribution in [0.15, 0.2) is 48.7 Å². The zero-order valence-electron chi connectivity index (χ0n) is 17.0. The van der Waals surface area contributed by atoms with Gasteiger partial charge in [0.1, 0.15) is 11.6 Å². The molecule has 3 aromatic rings. The summed E-state index contributed by atoms with van der Waals surface area (Å²) in [7, 11) is 1.53. The quantitative estimate of drug-likeness (QED) is 0.647. The molecule has 4 rings (SSSR count). The summed E-state index contributed by atoms with van der Waals surface area (Å²) < 4.78 is 21.1. The van der Waals surface area contributed by atoms with Gasteiger partial charge in [-0.25, -0.2) is 4.39 Å². The van der Waals surface area contributed by atoms with E-state index in [2.05, 4.69) is 5.32 Å². The van der Waals surface area contributed by atoms with Gasteiger partial charge >= 0.3 is 0 Å². The zero-order chi connectivity index (χ0) is 21.8. The van der Waals surface area contributed by atoms with E-state index in [4.69, 9.17) is 9.84 Å². The summed E-state index contributed by atoms with van der Waals surface area (Å²) in [6.45, 7) is 4.54. The van der Waals surface area contributed by atoms with E-state index in [9.17, 15) is 14.0 Å². The lowest BCUT2D eigenvalue weighted by atomic mass is 9.96. The molecule has 2 aromatic carbocycles. The van der Waals surface area contributed by atoms with Crippen molar-refractivity contribution < 1.29 is 23.8 Å². The van der Waals surface area contributed by atoms with Crippen molar-refractivity contribution in [2.45, 2.75) is 20.4 Å². The normalized spacial score (nSPS) is 13.4. The molecular weight excluding hydrogens is 387 g/mol. The average Bonchev–Trinajstić information content (AvgIpc) is 3.23. The highest BCUT2D eigenvalue weighted by Gasteiger charge is 2.34. The second kappa shape index (κ2) is 8.92. The Kier molecular flexibility index (Phi) is 6.32. The second-order valence-corrected chi connectivity index (χ2v) is 6.57. The molecule has 0 spiro atoms. The van der Waals surface area contributed by atoms with Gasteiger partial charge in [-0.1, -0.05) is 12.1 Å². The van der Waals surface area contributed by atoms with Crippen molar-refractivity contribution in [3.8, 4) is 5.75 Å². The van der Waals surface area contributed by atoms with Gasteiger partial charge in [-0.3, -0.25) is 14.9 Å². The molecule has 1 aromatic heterocycles. The third-order valence-electron chi connectivity index (χ3n) is 4.74. The molecule has 2 N–H and O–H groups in total. The Hall–Kier alpha value is -3.45. The van der Waals surface area contributed by atoms with Crippen LogP contribution in [0.2, 0.25) is 0 Å². The zero-order valence-corrected chi connectivity index (χ0v) is 17.0. The Morgan fingerprint density at radius 3 is 2.43 bits per heavy atom. The van der Waals surface area contributed by atoms with E-state index >= 15 is 0 Å². The number of nitrogens with zero attached hydrogens (tertiary/aromatic N) is 1. The Morgan fingerprint density at radius 1 is 1.07 bits per heavy atom. The molecule has 2 heterocycles. The fourth-order valence-corrected chi connectivity index (χ4v) is 3.50. The molecular formula is C23H23FN2O4. The minimum atomic E-state index is -0.489. The van der Waals surface area contributed by atoms with E-state index < -0.39 is 17.6 Å². The maximum absolute atomic E-state index is 13.9. The Balaban J connectivity index is 0.000000806. The van der Waals surface area contributed by atoms with E-state index in [1.54, 1.807) is 43.5 Å². The highest BCUT2D eigenvalue weighted by molar-refractivity contribution is 6.50. The monoisotopic (exact) mass is 410 g/mol. The van der Waals surface area contributed by atoms with Crippen molar-refractivity contribution in [1.29, 1.82) is 0 Å². The Bertz CT molecular complexity index is 1150. The lowest BCUT2D eigenvalue weighted by molar-refractivity contribution is -0.122. The number of amides is 2. The molecule has 0 atom stereocenters.